The molecule has 2 atom stereocenters. The summed E-state index contributed by atoms with van der Waals surface area (Å²) in [6.45, 7) is 6.76. The maximum atomic E-state index is 13.0. The van der Waals surface area contributed by atoms with E-state index in [2.05, 4.69) is 5.32 Å². The van der Waals surface area contributed by atoms with E-state index in [1.165, 1.54) is 14.2 Å². The van der Waals surface area contributed by atoms with Crippen molar-refractivity contribution in [1.29, 1.82) is 0 Å². The van der Waals surface area contributed by atoms with Crippen LogP contribution in [-0.2, 0) is 10.0 Å². The van der Waals surface area contributed by atoms with Gasteiger partial charge in [0.05, 0.1) is 19.1 Å². The molecule has 0 aromatic heterocycles. The number of rotatable bonds is 4. The molecule has 1 aromatic carbocycles. The summed E-state index contributed by atoms with van der Waals surface area (Å²) in [4.78, 5) is 0.270. The fourth-order valence-corrected chi connectivity index (χ4v) is 4.63. The molecular weight excluding hydrogens is 304 g/mol. The van der Waals surface area contributed by atoms with Gasteiger partial charge in [0, 0.05) is 31.2 Å². The quantitative estimate of drug-likeness (QED) is 0.904. The van der Waals surface area contributed by atoms with Gasteiger partial charge in [0.25, 0.3) is 0 Å². The van der Waals surface area contributed by atoms with E-state index in [0.29, 0.717) is 30.2 Å². The Bertz CT molecular complexity index is 645. The number of ether oxygens (including phenoxy) is 2. The van der Waals surface area contributed by atoms with Gasteiger partial charge >= 0.3 is 0 Å². The number of benzene rings is 1. The van der Waals surface area contributed by atoms with Gasteiger partial charge < -0.3 is 14.8 Å². The Labute approximate surface area is 132 Å². The van der Waals surface area contributed by atoms with Crippen LogP contribution in [0.2, 0.25) is 0 Å². The standard InChI is InChI=1S/C15H24N2O4S/c1-10-6-13(20-4)14(21-5)7-15(10)22(18,19)17-9-11(2)16-8-12(17)3/h6-7,11-12,16H,8-9H2,1-5H3. The highest BCUT2D eigenvalue weighted by Gasteiger charge is 2.34. The first kappa shape index (κ1) is 17.1. The minimum absolute atomic E-state index is 0.0892. The van der Waals surface area contributed by atoms with Gasteiger partial charge in [0.1, 0.15) is 0 Å². The second-order valence-corrected chi connectivity index (χ2v) is 7.56. The smallest absolute Gasteiger partial charge is 0.243 e. The normalized spacial score (nSPS) is 23.3. The zero-order valence-electron chi connectivity index (χ0n) is 13.7. The van der Waals surface area contributed by atoms with Crippen molar-refractivity contribution < 1.29 is 17.9 Å². The molecule has 2 rings (SSSR count). The van der Waals surface area contributed by atoms with Gasteiger partial charge in [-0.2, -0.15) is 4.31 Å². The maximum Gasteiger partial charge on any atom is 0.243 e. The summed E-state index contributed by atoms with van der Waals surface area (Å²) in [7, 11) is -0.542. The van der Waals surface area contributed by atoms with Gasteiger partial charge in [-0.1, -0.05) is 0 Å². The second-order valence-electron chi connectivity index (χ2n) is 5.71. The Morgan fingerprint density at radius 3 is 2.36 bits per heavy atom. The van der Waals surface area contributed by atoms with Crippen molar-refractivity contribution in [2.24, 2.45) is 0 Å². The molecule has 22 heavy (non-hydrogen) atoms. The van der Waals surface area contributed by atoms with Crippen LogP contribution >= 0.6 is 0 Å². The van der Waals surface area contributed by atoms with Crippen molar-refractivity contribution in [2.75, 3.05) is 27.3 Å². The number of sulfonamides is 1. The highest BCUT2D eigenvalue weighted by Crippen LogP contribution is 2.34. The molecule has 0 radical (unpaired) electrons. The second kappa shape index (κ2) is 6.44. The number of methoxy groups -OCH3 is 2. The third-order valence-corrected chi connectivity index (χ3v) is 6.10. The molecule has 7 heteroatoms. The van der Waals surface area contributed by atoms with Gasteiger partial charge in [-0.05, 0) is 32.4 Å². The first-order chi connectivity index (χ1) is 10.3. The van der Waals surface area contributed by atoms with E-state index in [9.17, 15) is 8.42 Å². The number of nitrogens with one attached hydrogen (secondary N) is 1. The maximum absolute atomic E-state index is 13.0. The average molecular weight is 328 g/mol. The fraction of sp³-hybridized carbons (Fsp3) is 0.600. The molecule has 1 aliphatic heterocycles. The molecule has 0 spiro atoms. The molecule has 1 fully saturated rings. The van der Waals surface area contributed by atoms with Crippen LogP contribution in [0, 0.1) is 6.92 Å². The Morgan fingerprint density at radius 2 is 1.77 bits per heavy atom. The summed E-state index contributed by atoms with van der Waals surface area (Å²) < 4.78 is 38.1. The lowest BCUT2D eigenvalue weighted by molar-refractivity contribution is 0.244. The van der Waals surface area contributed by atoms with Crippen molar-refractivity contribution >= 4 is 10.0 Å². The van der Waals surface area contributed by atoms with Crippen LogP contribution in [0.3, 0.4) is 0 Å². The van der Waals surface area contributed by atoms with Gasteiger partial charge in [-0.3, -0.25) is 0 Å². The van der Waals surface area contributed by atoms with E-state index in [1.807, 2.05) is 13.8 Å². The minimum Gasteiger partial charge on any atom is -0.493 e. The molecule has 0 aliphatic carbocycles. The molecule has 0 bridgehead atoms. The van der Waals surface area contributed by atoms with Crippen LogP contribution in [0.5, 0.6) is 11.5 Å². The Hall–Kier alpha value is -1.31. The zero-order valence-corrected chi connectivity index (χ0v) is 14.5. The molecule has 0 saturated carbocycles. The third kappa shape index (κ3) is 3.06. The van der Waals surface area contributed by atoms with E-state index >= 15 is 0 Å². The lowest BCUT2D eigenvalue weighted by Crippen LogP contribution is -2.56. The Balaban J connectivity index is 2.49. The molecular formula is C15H24N2O4S. The Morgan fingerprint density at radius 1 is 1.18 bits per heavy atom. The van der Waals surface area contributed by atoms with Crippen LogP contribution in [0.1, 0.15) is 19.4 Å². The van der Waals surface area contributed by atoms with Gasteiger partial charge in [0.15, 0.2) is 11.5 Å². The van der Waals surface area contributed by atoms with Crippen LogP contribution in [0.25, 0.3) is 0 Å². The van der Waals surface area contributed by atoms with Crippen LogP contribution < -0.4 is 14.8 Å². The molecule has 1 aromatic rings. The van der Waals surface area contributed by atoms with Crippen LogP contribution in [-0.4, -0.2) is 52.1 Å². The lowest BCUT2D eigenvalue weighted by atomic mass is 10.2. The number of aryl methyl sites for hydroxylation is 1. The fourth-order valence-electron chi connectivity index (χ4n) is 2.69. The minimum atomic E-state index is -3.57. The lowest BCUT2D eigenvalue weighted by Gasteiger charge is -2.36. The van der Waals surface area contributed by atoms with Crippen LogP contribution in [0.4, 0.5) is 0 Å². The predicted molar refractivity (Wildman–Crippen MR) is 85.1 cm³/mol. The summed E-state index contributed by atoms with van der Waals surface area (Å²) in [5.41, 5.74) is 0.649. The highest BCUT2D eigenvalue weighted by molar-refractivity contribution is 7.89. The summed E-state index contributed by atoms with van der Waals surface area (Å²) in [6.07, 6.45) is 0. The molecule has 6 nitrogen and oxygen atoms in total. The van der Waals surface area contributed by atoms with Crippen molar-refractivity contribution in [3.8, 4) is 11.5 Å². The van der Waals surface area contributed by atoms with Gasteiger partial charge in [0.2, 0.25) is 10.0 Å². The SMILES string of the molecule is COc1cc(C)c(S(=O)(=O)N2CC(C)NCC2C)cc1OC. The number of piperazine rings is 1. The van der Waals surface area contributed by atoms with E-state index in [4.69, 9.17) is 9.47 Å². The van der Waals surface area contributed by atoms with Gasteiger partial charge in [-0.25, -0.2) is 8.42 Å². The number of hydrogen-bond donors (Lipinski definition) is 1. The summed E-state index contributed by atoms with van der Waals surface area (Å²) in [5.74, 6) is 0.947. The molecule has 1 saturated heterocycles. The topological polar surface area (TPSA) is 67.9 Å². The van der Waals surface area contributed by atoms with E-state index < -0.39 is 10.0 Å². The largest absolute Gasteiger partial charge is 0.493 e. The first-order valence-electron chi connectivity index (χ1n) is 7.29. The Kier molecular flexibility index (Phi) is 4.99. The number of nitrogens with zero attached hydrogens (tertiary/aromatic N) is 1. The molecule has 1 heterocycles. The molecule has 2 unspecified atom stereocenters. The number of hydrogen-bond acceptors (Lipinski definition) is 5. The van der Waals surface area contributed by atoms with Crippen molar-refractivity contribution in [2.45, 2.75) is 37.8 Å². The third-order valence-electron chi connectivity index (χ3n) is 3.97. The summed E-state index contributed by atoms with van der Waals surface area (Å²) >= 11 is 0. The highest BCUT2D eigenvalue weighted by atomic mass is 32.2. The first-order valence-corrected chi connectivity index (χ1v) is 8.73. The molecule has 1 N–H and O–H groups in total. The van der Waals surface area contributed by atoms with E-state index in [-0.39, 0.29) is 17.0 Å². The summed E-state index contributed by atoms with van der Waals surface area (Å²) in [5, 5.41) is 3.29. The van der Waals surface area contributed by atoms with Gasteiger partial charge in [-0.15, -0.1) is 0 Å². The predicted octanol–water partition coefficient (Wildman–Crippen LogP) is 1.38. The zero-order chi connectivity index (χ0) is 16.5. The average Bonchev–Trinajstić information content (AvgIpc) is 2.48. The molecule has 1 aliphatic rings. The monoisotopic (exact) mass is 328 g/mol. The van der Waals surface area contributed by atoms with Crippen molar-refractivity contribution in [3.05, 3.63) is 17.7 Å². The summed E-state index contributed by atoms with van der Waals surface area (Å²) in [6, 6.07) is 3.28. The molecule has 124 valence electrons. The van der Waals surface area contributed by atoms with Crippen LogP contribution in [0.15, 0.2) is 17.0 Å². The van der Waals surface area contributed by atoms with Crippen molar-refractivity contribution in [3.63, 3.8) is 0 Å². The van der Waals surface area contributed by atoms with Crippen molar-refractivity contribution in [1.82, 2.24) is 9.62 Å². The molecule has 0 amide bonds. The van der Waals surface area contributed by atoms with E-state index in [0.717, 1.165) is 0 Å². The van der Waals surface area contributed by atoms with E-state index in [1.54, 1.807) is 23.4 Å².